The summed E-state index contributed by atoms with van der Waals surface area (Å²) in [6, 6.07) is 8.79. The second-order valence-electron chi connectivity index (χ2n) is 3.43. The zero-order valence-corrected chi connectivity index (χ0v) is 8.84. The largest absolute Gasteiger partial charge is 0.478 e. The summed E-state index contributed by atoms with van der Waals surface area (Å²) in [5.41, 5.74) is -2.53. The maximum absolute atomic E-state index is 13.5. The number of benzene rings is 1. The number of allylic oxidation sites excluding steroid dienone is 1. The van der Waals surface area contributed by atoms with E-state index in [0.29, 0.717) is 0 Å². The summed E-state index contributed by atoms with van der Waals surface area (Å²) in [5.74, 6) is -3.99. The van der Waals surface area contributed by atoms with Crippen LogP contribution in [0.25, 0.3) is 6.08 Å². The molecule has 0 bridgehead atoms. The van der Waals surface area contributed by atoms with Crippen LogP contribution < -0.4 is 0 Å². The van der Waals surface area contributed by atoms with Gasteiger partial charge in [0.15, 0.2) is 0 Å². The lowest BCUT2D eigenvalue weighted by molar-refractivity contribution is -0.166. The third-order valence-corrected chi connectivity index (χ3v) is 2.19. The summed E-state index contributed by atoms with van der Waals surface area (Å²) in [7, 11) is 0. The van der Waals surface area contributed by atoms with Gasteiger partial charge in [0, 0.05) is 6.42 Å². The number of rotatable bonds is 5. The van der Waals surface area contributed by atoms with Gasteiger partial charge in [0.05, 0.1) is 0 Å². The van der Waals surface area contributed by atoms with Crippen molar-refractivity contribution >= 4 is 18.0 Å². The highest BCUT2D eigenvalue weighted by Crippen LogP contribution is 2.18. The minimum Gasteiger partial charge on any atom is -0.478 e. The molecular weight excluding hydrogens is 227 g/mol. The predicted molar refractivity (Wildman–Crippen MR) is 59.2 cm³/mol. The van der Waals surface area contributed by atoms with Crippen molar-refractivity contribution in [3.05, 3.63) is 42.0 Å². The van der Waals surface area contributed by atoms with E-state index in [9.17, 15) is 14.0 Å². The van der Waals surface area contributed by atoms with Crippen LogP contribution in [-0.4, -0.2) is 27.8 Å². The molecule has 1 rings (SSSR count). The zero-order chi connectivity index (χ0) is 12.9. The second kappa shape index (κ2) is 5.25. The summed E-state index contributed by atoms with van der Waals surface area (Å²) in [4.78, 5) is 21.0. The Balaban J connectivity index is 2.75. The molecule has 0 amide bonds. The van der Waals surface area contributed by atoms with E-state index >= 15 is 0 Å². The molecule has 0 saturated carbocycles. The predicted octanol–water partition coefficient (Wildman–Crippen LogP) is 1.97. The van der Waals surface area contributed by atoms with E-state index in [4.69, 9.17) is 10.2 Å². The second-order valence-corrected chi connectivity index (χ2v) is 3.43. The van der Waals surface area contributed by atoms with Crippen molar-refractivity contribution in [2.24, 2.45) is 0 Å². The van der Waals surface area contributed by atoms with Crippen molar-refractivity contribution < 1.29 is 24.2 Å². The molecule has 0 aliphatic carbocycles. The van der Waals surface area contributed by atoms with Gasteiger partial charge in [-0.3, -0.25) is 0 Å². The number of halogens is 1. The first-order valence-electron chi connectivity index (χ1n) is 4.84. The highest BCUT2D eigenvalue weighted by molar-refractivity contribution is 6.01. The van der Waals surface area contributed by atoms with Crippen molar-refractivity contribution in [2.75, 3.05) is 0 Å². The van der Waals surface area contributed by atoms with E-state index in [2.05, 4.69) is 0 Å². The van der Waals surface area contributed by atoms with Crippen molar-refractivity contribution in [2.45, 2.75) is 12.1 Å². The van der Waals surface area contributed by atoms with Crippen molar-refractivity contribution in [1.82, 2.24) is 0 Å². The molecule has 0 radical (unpaired) electrons. The van der Waals surface area contributed by atoms with Crippen LogP contribution in [0.2, 0.25) is 0 Å². The molecular formula is C12H11FO4. The van der Waals surface area contributed by atoms with E-state index in [1.165, 1.54) is 12.2 Å². The van der Waals surface area contributed by atoms with E-state index in [-0.39, 0.29) is 0 Å². The summed E-state index contributed by atoms with van der Waals surface area (Å²) in [6.07, 6.45) is 1.95. The quantitative estimate of drug-likeness (QED) is 0.769. The van der Waals surface area contributed by atoms with Crippen LogP contribution in [-0.2, 0) is 9.59 Å². The molecule has 0 unspecified atom stereocenters. The van der Waals surface area contributed by atoms with Gasteiger partial charge in [-0.15, -0.1) is 0 Å². The van der Waals surface area contributed by atoms with Gasteiger partial charge < -0.3 is 10.2 Å². The first-order chi connectivity index (χ1) is 7.97. The zero-order valence-electron chi connectivity index (χ0n) is 8.84. The standard InChI is InChI=1S/C12H11FO4/c13-12(10(14)15,11(16)17)8-4-7-9-5-2-1-3-6-9/h1-7H,8H2,(H,14,15)(H,16,17)/b7-4+. The number of hydrogen-bond donors (Lipinski definition) is 2. The molecule has 0 aromatic heterocycles. The van der Waals surface area contributed by atoms with E-state index in [0.717, 1.165) is 5.56 Å². The minimum absolute atomic E-state index is 0.716. The Hall–Kier alpha value is -2.17. The van der Waals surface area contributed by atoms with Crippen LogP contribution in [0.4, 0.5) is 4.39 Å². The van der Waals surface area contributed by atoms with Crippen molar-refractivity contribution in [3.8, 4) is 0 Å². The van der Waals surface area contributed by atoms with Gasteiger partial charge in [0.25, 0.3) is 0 Å². The average molecular weight is 238 g/mol. The number of alkyl halides is 1. The maximum atomic E-state index is 13.5. The Morgan fingerprint density at radius 1 is 1.18 bits per heavy atom. The average Bonchev–Trinajstić information content (AvgIpc) is 2.29. The van der Waals surface area contributed by atoms with E-state index in [1.807, 2.05) is 0 Å². The molecule has 17 heavy (non-hydrogen) atoms. The number of hydrogen-bond acceptors (Lipinski definition) is 2. The normalized spacial score (nSPS) is 11.6. The molecule has 1 aromatic carbocycles. The topological polar surface area (TPSA) is 74.6 Å². The first kappa shape index (κ1) is 12.9. The maximum Gasteiger partial charge on any atom is 0.353 e. The van der Waals surface area contributed by atoms with Gasteiger partial charge in [-0.1, -0.05) is 42.5 Å². The molecule has 5 heteroatoms. The molecule has 90 valence electrons. The van der Waals surface area contributed by atoms with Gasteiger partial charge in [0.2, 0.25) is 0 Å². The lowest BCUT2D eigenvalue weighted by Crippen LogP contribution is -2.41. The number of carbonyl (C=O) groups is 2. The minimum atomic E-state index is -3.27. The Bertz CT molecular complexity index is 425. The lowest BCUT2D eigenvalue weighted by atomic mass is 10.0. The summed E-state index contributed by atoms with van der Waals surface area (Å²) < 4.78 is 13.5. The molecule has 2 N–H and O–H groups in total. The Kier molecular flexibility index (Phi) is 3.98. The van der Waals surface area contributed by atoms with Crippen molar-refractivity contribution in [3.63, 3.8) is 0 Å². The third kappa shape index (κ3) is 3.14. The molecule has 4 nitrogen and oxygen atoms in total. The van der Waals surface area contributed by atoms with Gasteiger partial charge in [-0.05, 0) is 5.56 Å². The number of aliphatic carboxylic acids is 2. The molecule has 0 aliphatic heterocycles. The fraction of sp³-hybridized carbons (Fsp3) is 0.167. The number of carboxylic acid groups (broad SMARTS) is 2. The van der Waals surface area contributed by atoms with Crippen molar-refractivity contribution in [1.29, 1.82) is 0 Å². The molecule has 0 atom stereocenters. The van der Waals surface area contributed by atoms with E-state index < -0.39 is 24.0 Å². The Morgan fingerprint density at radius 3 is 2.18 bits per heavy atom. The molecule has 0 saturated heterocycles. The highest BCUT2D eigenvalue weighted by Gasteiger charge is 2.46. The van der Waals surface area contributed by atoms with Crippen LogP contribution in [0, 0.1) is 0 Å². The monoisotopic (exact) mass is 238 g/mol. The molecule has 0 spiro atoms. The van der Waals surface area contributed by atoms with Gasteiger partial charge >= 0.3 is 17.6 Å². The van der Waals surface area contributed by atoms with Crippen LogP contribution in [0.3, 0.4) is 0 Å². The number of carboxylic acids is 2. The van der Waals surface area contributed by atoms with Crippen LogP contribution >= 0.6 is 0 Å². The van der Waals surface area contributed by atoms with Crippen LogP contribution in [0.15, 0.2) is 36.4 Å². The summed E-state index contributed by atoms with van der Waals surface area (Å²) in [6.45, 7) is 0. The Labute approximate surface area is 97.0 Å². The fourth-order valence-corrected chi connectivity index (χ4v) is 1.19. The summed E-state index contributed by atoms with van der Waals surface area (Å²) in [5, 5.41) is 17.0. The third-order valence-electron chi connectivity index (χ3n) is 2.19. The smallest absolute Gasteiger partial charge is 0.353 e. The van der Waals surface area contributed by atoms with Gasteiger partial charge in [-0.2, -0.15) is 0 Å². The first-order valence-corrected chi connectivity index (χ1v) is 4.84. The van der Waals surface area contributed by atoms with Crippen LogP contribution in [0.1, 0.15) is 12.0 Å². The molecule has 0 fully saturated rings. The SMILES string of the molecule is O=C(O)C(F)(C/C=C/c1ccccc1)C(=O)O. The molecule has 0 heterocycles. The molecule has 1 aromatic rings. The highest BCUT2D eigenvalue weighted by atomic mass is 19.1. The van der Waals surface area contributed by atoms with E-state index in [1.54, 1.807) is 30.3 Å². The van der Waals surface area contributed by atoms with Gasteiger partial charge in [-0.25, -0.2) is 14.0 Å². The van der Waals surface area contributed by atoms with Gasteiger partial charge in [0.1, 0.15) is 0 Å². The lowest BCUT2D eigenvalue weighted by Gasteiger charge is -2.12. The fourth-order valence-electron chi connectivity index (χ4n) is 1.19. The van der Waals surface area contributed by atoms with Crippen LogP contribution in [0.5, 0.6) is 0 Å². The molecule has 0 aliphatic rings. The Morgan fingerprint density at radius 2 is 1.71 bits per heavy atom. The summed E-state index contributed by atoms with van der Waals surface area (Å²) >= 11 is 0.